The van der Waals surface area contributed by atoms with Crippen molar-refractivity contribution in [3.63, 3.8) is 0 Å². The van der Waals surface area contributed by atoms with E-state index < -0.39 is 24.4 Å². The minimum atomic E-state index is -0.594. The topological polar surface area (TPSA) is 75.7 Å². The third kappa shape index (κ3) is 4.77. The first-order chi connectivity index (χ1) is 13.8. The van der Waals surface area contributed by atoms with E-state index in [1.807, 2.05) is 32.0 Å². The number of halogens is 1. The first-order valence-corrected chi connectivity index (χ1v) is 9.73. The van der Waals surface area contributed by atoms with Gasteiger partial charge in [-0.25, -0.2) is 0 Å². The molecule has 1 saturated heterocycles. The van der Waals surface area contributed by atoms with Gasteiger partial charge in [0.2, 0.25) is 5.91 Å². The van der Waals surface area contributed by atoms with E-state index in [1.54, 1.807) is 30.0 Å². The van der Waals surface area contributed by atoms with Crippen LogP contribution in [0.2, 0.25) is 5.02 Å². The Hall–Kier alpha value is -2.86. The van der Waals surface area contributed by atoms with E-state index >= 15 is 0 Å². The van der Waals surface area contributed by atoms with Crippen LogP contribution in [0.15, 0.2) is 36.4 Å². The van der Waals surface area contributed by atoms with Crippen LogP contribution in [0.5, 0.6) is 0 Å². The first-order valence-electron chi connectivity index (χ1n) is 9.35. The van der Waals surface area contributed by atoms with Gasteiger partial charge < -0.3 is 15.0 Å². The molecular formula is C22H23ClN2O4. The molecule has 0 unspecified atom stereocenters. The van der Waals surface area contributed by atoms with Crippen LogP contribution in [0.3, 0.4) is 0 Å². The zero-order valence-electron chi connectivity index (χ0n) is 16.6. The second kappa shape index (κ2) is 8.66. The molecular weight excluding hydrogens is 392 g/mol. The van der Waals surface area contributed by atoms with Gasteiger partial charge in [-0.2, -0.15) is 0 Å². The minimum Gasteiger partial charge on any atom is -0.455 e. The lowest BCUT2D eigenvalue weighted by molar-refractivity contribution is -0.151. The Balaban J connectivity index is 1.57. The molecule has 1 heterocycles. The predicted octanol–water partition coefficient (Wildman–Crippen LogP) is 3.80. The second-order valence-electron chi connectivity index (χ2n) is 7.26. The van der Waals surface area contributed by atoms with E-state index in [-0.39, 0.29) is 18.9 Å². The zero-order valence-corrected chi connectivity index (χ0v) is 17.4. The molecule has 0 radical (unpaired) electrons. The Labute approximate surface area is 174 Å². The Morgan fingerprint density at radius 1 is 1.21 bits per heavy atom. The summed E-state index contributed by atoms with van der Waals surface area (Å²) in [6.45, 7) is 5.50. The van der Waals surface area contributed by atoms with Crippen LogP contribution in [-0.2, 0) is 19.1 Å². The van der Waals surface area contributed by atoms with Crippen LogP contribution >= 0.6 is 11.6 Å². The van der Waals surface area contributed by atoms with E-state index in [0.29, 0.717) is 10.7 Å². The van der Waals surface area contributed by atoms with E-state index in [2.05, 4.69) is 5.32 Å². The molecule has 2 aromatic rings. The standard InChI is InChI=1S/C22H23ClN2O4/c1-13-7-8-14(2)19(9-13)25-11-16(10-21(25)27)22(28)29-12-20(26)24-18-6-4-5-17(23)15(18)3/h4-9,16H,10-12H2,1-3H3,(H,24,26)/t16-/m0/s1. The summed E-state index contributed by atoms with van der Waals surface area (Å²) in [5.41, 5.74) is 4.11. The van der Waals surface area contributed by atoms with Crippen molar-refractivity contribution in [1.29, 1.82) is 0 Å². The maximum Gasteiger partial charge on any atom is 0.311 e. The molecule has 2 amide bonds. The molecule has 3 rings (SSSR count). The molecule has 1 N–H and O–H groups in total. The highest BCUT2D eigenvalue weighted by Gasteiger charge is 2.36. The maximum atomic E-state index is 12.4. The molecule has 2 aromatic carbocycles. The fourth-order valence-corrected chi connectivity index (χ4v) is 3.47. The van der Waals surface area contributed by atoms with Gasteiger partial charge in [-0.1, -0.05) is 29.8 Å². The van der Waals surface area contributed by atoms with Crippen molar-refractivity contribution in [1.82, 2.24) is 0 Å². The number of carbonyl (C=O) groups excluding carboxylic acids is 3. The summed E-state index contributed by atoms with van der Waals surface area (Å²) in [6.07, 6.45) is 0.0707. The number of esters is 1. The molecule has 0 aliphatic carbocycles. The van der Waals surface area contributed by atoms with Crippen LogP contribution in [0, 0.1) is 26.7 Å². The Morgan fingerprint density at radius 3 is 2.72 bits per heavy atom. The summed E-state index contributed by atoms with van der Waals surface area (Å²) < 4.78 is 5.15. The van der Waals surface area contributed by atoms with Crippen molar-refractivity contribution < 1.29 is 19.1 Å². The number of carbonyl (C=O) groups is 3. The van der Waals surface area contributed by atoms with Gasteiger partial charge in [0.05, 0.1) is 5.92 Å². The quantitative estimate of drug-likeness (QED) is 0.755. The molecule has 0 aromatic heterocycles. The third-order valence-electron chi connectivity index (χ3n) is 5.00. The van der Waals surface area contributed by atoms with Crippen LogP contribution in [0.4, 0.5) is 11.4 Å². The number of nitrogens with one attached hydrogen (secondary N) is 1. The number of nitrogens with zero attached hydrogens (tertiary/aromatic N) is 1. The lowest BCUT2D eigenvalue weighted by atomic mass is 10.1. The normalized spacial score (nSPS) is 16.1. The van der Waals surface area contributed by atoms with Gasteiger partial charge >= 0.3 is 5.97 Å². The Bertz CT molecular complexity index is 973. The summed E-state index contributed by atoms with van der Waals surface area (Å²) in [5.74, 6) is -1.73. The second-order valence-corrected chi connectivity index (χ2v) is 7.67. The highest BCUT2D eigenvalue weighted by Crippen LogP contribution is 2.29. The molecule has 6 nitrogen and oxygen atoms in total. The molecule has 152 valence electrons. The zero-order chi connectivity index (χ0) is 21.1. The van der Waals surface area contributed by atoms with Gasteiger partial charge in [0.15, 0.2) is 6.61 Å². The molecule has 0 bridgehead atoms. The predicted molar refractivity (Wildman–Crippen MR) is 112 cm³/mol. The summed E-state index contributed by atoms with van der Waals surface area (Å²) in [4.78, 5) is 38.6. The van der Waals surface area contributed by atoms with Crippen molar-refractivity contribution in [3.05, 3.63) is 58.1 Å². The Morgan fingerprint density at radius 2 is 1.97 bits per heavy atom. The number of hydrogen-bond donors (Lipinski definition) is 1. The van der Waals surface area contributed by atoms with Crippen LogP contribution in [-0.4, -0.2) is 30.9 Å². The molecule has 29 heavy (non-hydrogen) atoms. The van der Waals surface area contributed by atoms with Crippen LogP contribution < -0.4 is 10.2 Å². The van der Waals surface area contributed by atoms with Gasteiger partial charge in [-0.3, -0.25) is 14.4 Å². The average Bonchev–Trinajstić information content (AvgIpc) is 3.07. The molecule has 0 spiro atoms. The average molecular weight is 415 g/mol. The minimum absolute atomic E-state index is 0.0707. The fourth-order valence-electron chi connectivity index (χ4n) is 3.29. The van der Waals surface area contributed by atoms with Gasteiger partial charge in [0.25, 0.3) is 5.91 Å². The number of rotatable bonds is 5. The van der Waals surface area contributed by atoms with Gasteiger partial charge in [-0.15, -0.1) is 0 Å². The maximum absolute atomic E-state index is 12.4. The summed E-state index contributed by atoms with van der Waals surface area (Å²) in [5, 5.41) is 3.21. The third-order valence-corrected chi connectivity index (χ3v) is 5.41. The fraction of sp³-hybridized carbons (Fsp3) is 0.318. The number of ether oxygens (including phenoxy) is 1. The number of hydrogen-bond acceptors (Lipinski definition) is 4. The van der Waals surface area contributed by atoms with Gasteiger partial charge in [0.1, 0.15) is 0 Å². The molecule has 1 aliphatic rings. The highest BCUT2D eigenvalue weighted by molar-refractivity contribution is 6.31. The van der Waals surface area contributed by atoms with Crippen molar-refractivity contribution in [2.24, 2.45) is 5.92 Å². The highest BCUT2D eigenvalue weighted by atomic mass is 35.5. The molecule has 1 atom stereocenters. The number of aryl methyl sites for hydroxylation is 2. The first kappa shape index (κ1) is 20.9. The van der Waals surface area contributed by atoms with Crippen molar-refractivity contribution >= 4 is 40.8 Å². The van der Waals surface area contributed by atoms with Crippen LogP contribution in [0.25, 0.3) is 0 Å². The van der Waals surface area contributed by atoms with E-state index in [1.165, 1.54) is 0 Å². The summed E-state index contributed by atoms with van der Waals surface area (Å²) in [7, 11) is 0. The molecule has 0 saturated carbocycles. The van der Waals surface area contributed by atoms with E-state index in [0.717, 1.165) is 22.4 Å². The lowest BCUT2D eigenvalue weighted by Gasteiger charge is -2.19. The number of benzene rings is 2. The molecule has 1 fully saturated rings. The molecule has 7 heteroatoms. The summed E-state index contributed by atoms with van der Waals surface area (Å²) >= 11 is 6.04. The van der Waals surface area contributed by atoms with Crippen molar-refractivity contribution in [2.75, 3.05) is 23.4 Å². The van der Waals surface area contributed by atoms with Crippen LogP contribution in [0.1, 0.15) is 23.1 Å². The van der Waals surface area contributed by atoms with Crippen molar-refractivity contribution in [3.8, 4) is 0 Å². The van der Waals surface area contributed by atoms with Gasteiger partial charge in [-0.05, 0) is 55.7 Å². The Kier molecular flexibility index (Phi) is 6.23. The lowest BCUT2D eigenvalue weighted by Crippen LogP contribution is -2.28. The molecule has 1 aliphatic heterocycles. The SMILES string of the molecule is Cc1ccc(C)c(N2C[C@@H](C(=O)OCC(=O)Nc3cccc(Cl)c3C)CC2=O)c1. The monoisotopic (exact) mass is 414 g/mol. The van der Waals surface area contributed by atoms with E-state index in [9.17, 15) is 14.4 Å². The van der Waals surface area contributed by atoms with Gasteiger partial charge in [0, 0.05) is 29.4 Å². The van der Waals surface area contributed by atoms with Crippen molar-refractivity contribution in [2.45, 2.75) is 27.2 Å². The largest absolute Gasteiger partial charge is 0.455 e. The van der Waals surface area contributed by atoms with E-state index in [4.69, 9.17) is 16.3 Å². The smallest absolute Gasteiger partial charge is 0.311 e. The number of anilines is 2. The number of amides is 2. The summed E-state index contributed by atoms with van der Waals surface area (Å²) in [6, 6.07) is 11.0.